The van der Waals surface area contributed by atoms with Crippen LogP contribution in [0.1, 0.15) is 13.3 Å². The van der Waals surface area contributed by atoms with E-state index in [9.17, 15) is 17.9 Å². The van der Waals surface area contributed by atoms with Crippen LogP contribution in [0.4, 0.5) is 10.1 Å². The van der Waals surface area contributed by atoms with E-state index < -0.39 is 21.9 Å². The van der Waals surface area contributed by atoms with E-state index in [1.54, 1.807) is 0 Å². The second kappa shape index (κ2) is 5.07. The molecule has 0 spiro atoms. The first-order valence-electron chi connectivity index (χ1n) is 6.05. The molecular weight excluding hydrogens is 271 g/mol. The highest BCUT2D eigenvalue weighted by Crippen LogP contribution is 2.25. The number of piperidine rings is 1. The van der Waals surface area contributed by atoms with Crippen molar-refractivity contribution in [3.8, 4) is 0 Å². The highest BCUT2D eigenvalue weighted by atomic mass is 32.2. The Balaban J connectivity index is 2.29. The molecule has 1 heterocycles. The number of rotatable bonds is 2. The second-order valence-corrected chi connectivity index (χ2v) is 6.82. The summed E-state index contributed by atoms with van der Waals surface area (Å²) in [6.07, 6.45) is -0.0850. The Bertz CT molecular complexity index is 576. The molecule has 0 aliphatic carbocycles. The van der Waals surface area contributed by atoms with Crippen molar-refractivity contribution < 1.29 is 17.9 Å². The van der Waals surface area contributed by atoms with E-state index in [0.717, 1.165) is 12.1 Å². The van der Waals surface area contributed by atoms with Crippen molar-refractivity contribution in [2.45, 2.75) is 24.3 Å². The Labute approximate surface area is 111 Å². The molecule has 3 N–H and O–H groups in total. The molecule has 0 aromatic heterocycles. The number of aliphatic hydroxyl groups excluding tert-OH is 1. The quantitative estimate of drug-likeness (QED) is 0.788. The van der Waals surface area contributed by atoms with Gasteiger partial charge in [0.15, 0.2) is 0 Å². The summed E-state index contributed by atoms with van der Waals surface area (Å²) < 4.78 is 39.0. The zero-order valence-electron chi connectivity index (χ0n) is 10.6. The number of hydrogen-bond acceptors (Lipinski definition) is 4. The molecular formula is C12H17FN2O3S. The molecule has 7 heteroatoms. The number of halogens is 1. The average Bonchev–Trinajstić information content (AvgIpc) is 2.35. The van der Waals surface area contributed by atoms with Gasteiger partial charge in [-0.05, 0) is 30.5 Å². The molecule has 2 unspecified atom stereocenters. The monoisotopic (exact) mass is 288 g/mol. The summed E-state index contributed by atoms with van der Waals surface area (Å²) in [5, 5.41) is 9.77. The largest absolute Gasteiger partial charge is 0.396 e. The summed E-state index contributed by atoms with van der Waals surface area (Å²) in [5.74, 6) is -0.573. The summed E-state index contributed by atoms with van der Waals surface area (Å²) in [4.78, 5) is -0.0480. The molecule has 1 fully saturated rings. The van der Waals surface area contributed by atoms with Gasteiger partial charge in [-0.15, -0.1) is 0 Å². The van der Waals surface area contributed by atoms with Gasteiger partial charge >= 0.3 is 0 Å². The summed E-state index contributed by atoms with van der Waals surface area (Å²) in [5.41, 5.74) is 5.19. The van der Waals surface area contributed by atoms with Crippen LogP contribution in [0.3, 0.4) is 0 Å². The average molecular weight is 288 g/mol. The van der Waals surface area contributed by atoms with Gasteiger partial charge in [-0.2, -0.15) is 4.31 Å². The summed E-state index contributed by atoms with van der Waals surface area (Å²) >= 11 is 0. The molecule has 1 aliphatic rings. The number of nitrogens with two attached hydrogens (primary N) is 1. The van der Waals surface area contributed by atoms with Crippen molar-refractivity contribution in [3.63, 3.8) is 0 Å². The predicted octanol–water partition coefficient (Wildman–Crippen LogP) is 0.799. The number of nitrogen functional groups attached to an aromatic ring is 1. The molecule has 1 saturated heterocycles. The van der Waals surface area contributed by atoms with E-state index in [1.807, 2.05) is 6.92 Å². The number of anilines is 1. The van der Waals surface area contributed by atoms with Crippen molar-refractivity contribution in [2.24, 2.45) is 5.92 Å². The first-order valence-corrected chi connectivity index (χ1v) is 7.49. The van der Waals surface area contributed by atoms with Crippen LogP contribution in [0, 0.1) is 11.7 Å². The van der Waals surface area contributed by atoms with Gasteiger partial charge in [0.2, 0.25) is 10.0 Å². The fraction of sp³-hybridized carbons (Fsp3) is 0.500. The van der Waals surface area contributed by atoms with E-state index in [-0.39, 0.29) is 23.0 Å². The lowest BCUT2D eigenvalue weighted by Crippen LogP contribution is -2.45. The number of benzene rings is 1. The number of aliphatic hydroxyl groups is 1. The fourth-order valence-corrected chi connectivity index (χ4v) is 3.58. The van der Waals surface area contributed by atoms with Crippen molar-refractivity contribution >= 4 is 15.7 Å². The number of β-amino-alcohol motifs (C(OH)–C–C–N with tert-alkyl or cyclic N) is 1. The Kier molecular flexibility index (Phi) is 3.80. The molecule has 19 heavy (non-hydrogen) atoms. The summed E-state index contributed by atoms with van der Waals surface area (Å²) in [7, 11) is -3.73. The van der Waals surface area contributed by atoms with Gasteiger partial charge in [-0.3, -0.25) is 0 Å². The SMILES string of the molecule is CC1CCN(S(=O)(=O)c2ccc(F)c(N)c2)CC1O. The molecule has 2 atom stereocenters. The van der Waals surface area contributed by atoms with E-state index in [0.29, 0.717) is 13.0 Å². The molecule has 0 radical (unpaired) electrons. The minimum atomic E-state index is -3.73. The first-order chi connectivity index (χ1) is 8.82. The van der Waals surface area contributed by atoms with Crippen LogP contribution >= 0.6 is 0 Å². The van der Waals surface area contributed by atoms with E-state index in [1.165, 1.54) is 10.4 Å². The zero-order chi connectivity index (χ0) is 14.2. The zero-order valence-corrected chi connectivity index (χ0v) is 11.4. The van der Waals surface area contributed by atoms with Crippen LogP contribution in [0.5, 0.6) is 0 Å². The third-order valence-corrected chi connectivity index (χ3v) is 5.35. The van der Waals surface area contributed by atoms with E-state index in [2.05, 4.69) is 0 Å². The topological polar surface area (TPSA) is 83.6 Å². The molecule has 106 valence electrons. The maximum Gasteiger partial charge on any atom is 0.243 e. The van der Waals surface area contributed by atoms with Gasteiger partial charge in [0.1, 0.15) is 5.82 Å². The molecule has 0 amide bonds. The Hall–Kier alpha value is -1.18. The van der Waals surface area contributed by atoms with Crippen LogP contribution < -0.4 is 5.73 Å². The van der Waals surface area contributed by atoms with Gasteiger partial charge in [-0.1, -0.05) is 6.92 Å². The van der Waals surface area contributed by atoms with Gasteiger partial charge in [-0.25, -0.2) is 12.8 Å². The lowest BCUT2D eigenvalue weighted by atomic mass is 9.98. The fourth-order valence-electron chi connectivity index (χ4n) is 2.07. The molecule has 2 rings (SSSR count). The maximum absolute atomic E-state index is 13.1. The van der Waals surface area contributed by atoms with Crippen LogP contribution in [0.25, 0.3) is 0 Å². The molecule has 1 aromatic rings. The van der Waals surface area contributed by atoms with Crippen molar-refractivity contribution in [3.05, 3.63) is 24.0 Å². The Morgan fingerprint density at radius 1 is 1.47 bits per heavy atom. The molecule has 1 aromatic carbocycles. The Morgan fingerprint density at radius 3 is 2.74 bits per heavy atom. The maximum atomic E-state index is 13.1. The van der Waals surface area contributed by atoms with Crippen LogP contribution in [0.15, 0.2) is 23.1 Å². The van der Waals surface area contributed by atoms with Gasteiger partial charge < -0.3 is 10.8 Å². The lowest BCUT2D eigenvalue weighted by molar-refractivity contribution is 0.0605. The van der Waals surface area contributed by atoms with Gasteiger partial charge in [0.05, 0.1) is 16.7 Å². The van der Waals surface area contributed by atoms with E-state index in [4.69, 9.17) is 5.73 Å². The lowest BCUT2D eigenvalue weighted by Gasteiger charge is -2.33. The molecule has 5 nitrogen and oxygen atoms in total. The number of sulfonamides is 1. The smallest absolute Gasteiger partial charge is 0.243 e. The van der Waals surface area contributed by atoms with Crippen molar-refractivity contribution in [2.75, 3.05) is 18.8 Å². The second-order valence-electron chi connectivity index (χ2n) is 4.88. The third kappa shape index (κ3) is 2.72. The summed E-state index contributed by atoms with van der Waals surface area (Å²) in [6, 6.07) is 3.33. The van der Waals surface area contributed by atoms with Gasteiger partial charge in [0, 0.05) is 13.1 Å². The third-order valence-electron chi connectivity index (χ3n) is 3.49. The summed E-state index contributed by atoms with van der Waals surface area (Å²) in [6.45, 7) is 2.28. The standard InChI is InChI=1S/C12H17FN2O3S/c1-8-4-5-15(7-12(8)16)19(17,18)9-2-3-10(13)11(14)6-9/h2-3,6,8,12,16H,4-5,7,14H2,1H3. The van der Waals surface area contributed by atoms with Crippen LogP contribution in [-0.2, 0) is 10.0 Å². The van der Waals surface area contributed by atoms with Gasteiger partial charge in [0.25, 0.3) is 0 Å². The number of nitrogens with zero attached hydrogens (tertiary/aromatic N) is 1. The van der Waals surface area contributed by atoms with E-state index >= 15 is 0 Å². The predicted molar refractivity (Wildman–Crippen MR) is 69.4 cm³/mol. The highest BCUT2D eigenvalue weighted by Gasteiger charge is 2.32. The normalized spacial score (nSPS) is 25.4. The van der Waals surface area contributed by atoms with Crippen LogP contribution in [-0.4, -0.2) is 37.0 Å². The minimum absolute atomic E-state index is 0.0480. The minimum Gasteiger partial charge on any atom is -0.396 e. The first kappa shape index (κ1) is 14.2. The molecule has 0 bridgehead atoms. The highest BCUT2D eigenvalue weighted by molar-refractivity contribution is 7.89. The van der Waals surface area contributed by atoms with Crippen molar-refractivity contribution in [1.82, 2.24) is 4.31 Å². The van der Waals surface area contributed by atoms with Crippen molar-refractivity contribution in [1.29, 1.82) is 0 Å². The Morgan fingerprint density at radius 2 is 2.16 bits per heavy atom. The molecule has 1 aliphatic heterocycles. The number of hydrogen-bond donors (Lipinski definition) is 2. The molecule has 0 saturated carbocycles. The van der Waals surface area contributed by atoms with Crippen LogP contribution in [0.2, 0.25) is 0 Å².